The number of benzene rings is 1. The number of rotatable bonds is 6. The summed E-state index contributed by atoms with van der Waals surface area (Å²) in [5.41, 5.74) is 5.90. The van der Waals surface area contributed by atoms with Crippen LogP contribution in [0.25, 0.3) is 11.3 Å². The molecule has 3 heterocycles. The largest absolute Gasteiger partial charge is 0.497 e. The summed E-state index contributed by atoms with van der Waals surface area (Å²) in [5, 5.41) is 0. The number of nitrogen functional groups attached to an aromatic ring is 1. The second-order valence-corrected chi connectivity index (χ2v) is 10.9. The Morgan fingerprint density at radius 1 is 1.25 bits per heavy atom. The number of hydrogen-bond donors (Lipinski definition) is 2. The number of pyridine rings is 2. The van der Waals surface area contributed by atoms with E-state index in [0.717, 1.165) is 6.42 Å². The third-order valence-electron chi connectivity index (χ3n) is 6.83. The molecule has 1 fully saturated rings. The molecule has 0 aliphatic carbocycles. The molecule has 9 nitrogen and oxygen atoms in total. The van der Waals surface area contributed by atoms with E-state index in [4.69, 9.17) is 10.5 Å². The van der Waals surface area contributed by atoms with E-state index in [1.165, 1.54) is 43.6 Å². The molecule has 0 spiro atoms. The van der Waals surface area contributed by atoms with E-state index in [1.807, 2.05) is 18.7 Å². The van der Waals surface area contributed by atoms with Gasteiger partial charge in [-0.25, -0.2) is 27.5 Å². The highest BCUT2D eigenvalue weighted by Gasteiger charge is 2.41. The van der Waals surface area contributed by atoms with Gasteiger partial charge in [-0.05, 0) is 62.6 Å². The molecule has 4 rings (SSSR count). The van der Waals surface area contributed by atoms with Crippen molar-refractivity contribution in [1.29, 1.82) is 0 Å². The molecule has 2 aromatic heterocycles. The Morgan fingerprint density at radius 3 is 2.61 bits per heavy atom. The molecule has 0 radical (unpaired) electrons. The maximum absolute atomic E-state index is 14.8. The fourth-order valence-electron chi connectivity index (χ4n) is 4.28. The molecular formula is C25H28FN5O4S. The Hall–Kier alpha value is -3.73. The molecular weight excluding hydrogens is 485 g/mol. The lowest BCUT2D eigenvalue weighted by atomic mass is 9.90. The molecule has 1 saturated heterocycles. The van der Waals surface area contributed by atoms with Crippen molar-refractivity contribution in [3.8, 4) is 17.0 Å². The summed E-state index contributed by atoms with van der Waals surface area (Å²) in [6, 6.07) is 10.0. The van der Waals surface area contributed by atoms with Crippen LogP contribution in [0, 0.1) is 11.7 Å². The van der Waals surface area contributed by atoms with Crippen molar-refractivity contribution in [2.75, 3.05) is 24.3 Å². The van der Waals surface area contributed by atoms with Crippen molar-refractivity contribution in [2.24, 2.45) is 5.92 Å². The van der Waals surface area contributed by atoms with Gasteiger partial charge in [0.05, 0.1) is 18.4 Å². The lowest BCUT2D eigenvalue weighted by molar-refractivity contribution is 0.0981. The number of ether oxygens (including phenoxy) is 1. The second-order valence-electron chi connectivity index (χ2n) is 9.23. The minimum Gasteiger partial charge on any atom is -0.497 e. The first-order valence-electron chi connectivity index (χ1n) is 11.4. The molecule has 190 valence electrons. The molecule has 1 unspecified atom stereocenters. The van der Waals surface area contributed by atoms with Crippen molar-refractivity contribution in [3.63, 3.8) is 0 Å². The van der Waals surface area contributed by atoms with Gasteiger partial charge in [-0.2, -0.15) is 0 Å². The van der Waals surface area contributed by atoms with Crippen LogP contribution in [0.1, 0.15) is 37.6 Å². The van der Waals surface area contributed by atoms with E-state index < -0.39 is 21.7 Å². The van der Waals surface area contributed by atoms with Gasteiger partial charge in [0, 0.05) is 29.9 Å². The topological polar surface area (TPSA) is 128 Å². The summed E-state index contributed by atoms with van der Waals surface area (Å²) in [4.78, 5) is 23.4. The van der Waals surface area contributed by atoms with Gasteiger partial charge >= 0.3 is 0 Å². The molecule has 1 aliphatic rings. The number of anilines is 2. The quantitative estimate of drug-likeness (QED) is 0.512. The number of nitrogens with two attached hydrogens (primary N) is 1. The number of nitrogens with one attached hydrogen (secondary N) is 1. The number of carbonyl (C=O) groups is 1. The Bertz CT molecular complexity index is 1430. The van der Waals surface area contributed by atoms with Crippen molar-refractivity contribution in [1.82, 2.24) is 14.7 Å². The minimum absolute atomic E-state index is 0.0425. The zero-order chi connectivity index (χ0) is 26.3. The fraction of sp³-hybridized carbons (Fsp3) is 0.320. The Morgan fingerprint density at radius 2 is 2.00 bits per heavy atom. The molecule has 1 aliphatic heterocycles. The fourth-order valence-corrected chi connectivity index (χ4v) is 5.33. The van der Waals surface area contributed by atoms with Gasteiger partial charge in [0.1, 0.15) is 28.1 Å². The molecule has 0 saturated carbocycles. The number of methoxy groups -OCH3 is 1. The molecule has 0 bridgehead atoms. The zero-order valence-electron chi connectivity index (χ0n) is 20.4. The molecule has 36 heavy (non-hydrogen) atoms. The van der Waals surface area contributed by atoms with Gasteiger partial charge in [-0.15, -0.1) is 0 Å². The Balaban J connectivity index is 1.80. The highest BCUT2D eigenvalue weighted by atomic mass is 32.2. The number of halogens is 1. The Kier molecular flexibility index (Phi) is 6.61. The first-order chi connectivity index (χ1) is 17.0. The molecule has 3 N–H and O–H groups in total. The van der Waals surface area contributed by atoms with Gasteiger partial charge in [0.15, 0.2) is 0 Å². The molecule has 3 aromatic rings. The molecule has 1 amide bonds. The van der Waals surface area contributed by atoms with E-state index in [1.54, 1.807) is 12.1 Å². The summed E-state index contributed by atoms with van der Waals surface area (Å²) in [6.45, 7) is 6.75. The summed E-state index contributed by atoms with van der Waals surface area (Å²) in [7, 11) is -2.86. The van der Waals surface area contributed by atoms with Crippen molar-refractivity contribution < 1.29 is 22.3 Å². The lowest BCUT2D eigenvalue weighted by Gasteiger charge is -2.36. The van der Waals surface area contributed by atoms with Crippen LogP contribution in [-0.4, -0.2) is 43.5 Å². The normalized spacial score (nSPS) is 17.1. The summed E-state index contributed by atoms with van der Waals surface area (Å²) < 4.78 is 47.8. The van der Waals surface area contributed by atoms with Crippen LogP contribution in [0.5, 0.6) is 5.75 Å². The average Bonchev–Trinajstić information content (AvgIpc) is 3.10. The first kappa shape index (κ1) is 25.4. The van der Waals surface area contributed by atoms with E-state index in [2.05, 4.69) is 21.6 Å². The SMILES string of the molecule is COc1ccc(-c2ccc(C(=O)NS(=O)(=O)c3cccnc3N)c(N3CCC(C)C3(C)C)n2)c(F)c1. The summed E-state index contributed by atoms with van der Waals surface area (Å²) >= 11 is 0. The van der Waals surface area contributed by atoms with E-state index >= 15 is 0 Å². The standard InChI is InChI=1S/C25H28FN5O4S/c1-15-11-13-31(25(15,2)3)23-18(24(32)30-36(33,34)21-6-5-12-28-22(21)27)9-10-20(29-23)17-8-7-16(35-4)14-19(17)26/h5-10,12,14-15H,11,13H2,1-4H3,(H2,27,28)(H,30,32). The molecule has 1 atom stereocenters. The van der Waals surface area contributed by atoms with Crippen LogP contribution in [0.4, 0.5) is 16.0 Å². The van der Waals surface area contributed by atoms with Crippen LogP contribution < -0.4 is 20.1 Å². The number of hydrogen-bond acceptors (Lipinski definition) is 8. The van der Waals surface area contributed by atoms with Crippen molar-refractivity contribution in [3.05, 3.63) is 60.0 Å². The van der Waals surface area contributed by atoms with Gasteiger partial charge in [0.2, 0.25) is 0 Å². The number of aromatic nitrogens is 2. The van der Waals surface area contributed by atoms with Crippen molar-refractivity contribution in [2.45, 2.75) is 37.6 Å². The molecule has 11 heteroatoms. The van der Waals surface area contributed by atoms with Crippen LogP contribution in [0.2, 0.25) is 0 Å². The number of sulfonamides is 1. The van der Waals surface area contributed by atoms with Crippen LogP contribution in [-0.2, 0) is 10.0 Å². The van der Waals surface area contributed by atoms with Crippen LogP contribution >= 0.6 is 0 Å². The Labute approximate surface area is 209 Å². The minimum atomic E-state index is -4.30. The third-order valence-corrected chi connectivity index (χ3v) is 8.21. The van der Waals surface area contributed by atoms with E-state index in [9.17, 15) is 17.6 Å². The highest BCUT2D eigenvalue weighted by molar-refractivity contribution is 7.90. The van der Waals surface area contributed by atoms with Gasteiger partial charge < -0.3 is 15.4 Å². The summed E-state index contributed by atoms with van der Waals surface area (Å²) in [5.74, 6) is -0.733. The number of carbonyl (C=O) groups excluding carboxylic acids is 1. The first-order valence-corrected chi connectivity index (χ1v) is 12.8. The van der Waals surface area contributed by atoms with Crippen LogP contribution in [0.3, 0.4) is 0 Å². The molecule has 1 aromatic carbocycles. The van der Waals surface area contributed by atoms with Crippen LogP contribution in [0.15, 0.2) is 53.6 Å². The predicted octanol–water partition coefficient (Wildman–Crippen LogP) is 3.62. The zero-order valence-corrected chi connectivity index (χ0v) is 21.3. The number of amides is 1. The lowest BCUT2D eigenvalue weighted by Crippen LogP contribution is -2.43. The van der Waals surface area contributed by atoms with E-state index in [0.29, 0.717) is 18.0 Å². The monoisotopic (exact) mass is 513 g/mol. The summed E-state index contributed by atoms with van der Waals surface area (Å²) in [6.07, 6.45) is 2.20. The maximum Gasteiger partial charge on any atom is 0.268 e. The number of nitrogens with zero attached hydrogens (tertiary/aromatic N) is 3. The highest BCUT2D eigenvalue weighted by Crippen LogP contribution is 2.39. The van der Waals surface area contributed by atoms with Crippen molar-refractivity contribution >= 4 is 27.6 Å². The third kappa shape index (κ3) is 4.58. The van der Waals surface area contributed by atoms with E-state index in [-0.39, 0.29) is 39.1 Å². The van der Waals surface area contributed by atoms with Gasteiger partial charge in [-0.1, -0.05) is 6.92 Å². The smallest absolute Gasteiger partial charge is 0.268 e. The van der Waals surface area contributed by atoms with Gasteiger partial charge in [-0.3, -0.25) is 4.79 Å². The predicted molar refractivity (Wildman–Crippen MR) is 135 cm³/mol. The van der Waals surface area contributed by atoms with Gasteiger partial charge in [0.25, 0.3) is 15.9 Å². The second kappa shape index (κ2) is 9.38. The maximum atomic E-state index is 14.8. The average molecular weight is 514 g/mol.